The summed E-state index contributed by atoms with van der Waals surface area (Å²) in [6.07, 6.45) is 0. The Morgan fingerprint density at radius 3 is 2.67 bits per heavy atom. The van der Waals surface area contributed by atoms with Crippen molar-refractivity contribution in [2.75, 3.05) is 19.1 Å². The van der Waals surface area contributed by atoms with Gasteiger partial charge in [-0.3, -0.25) is 14.5 Å². The zero-order valence-corrected chi connectivity index (χ0v) is 22.6. The Balaban J connectivity index is 1.51. The van der Waals surface area contributed by atoms with Gasteiger partial charge in [0.25, 0.3) is 5.91 Å². The first-order chi connectivity index (χ1) is 18.8. The molecule has 6 rings (SSSR count). The second-order valence-electron chi connectivity index (χ2n) is 9.05. The predicted molar refractivity (Wildman–Crippen MR) is 149 cm³/mol. The maximum absolute atomic E-state index is 14.0. The number of aromatic nitrogens is 1. The van der Waals surface area contributed by atoms with Gasteiger partial charge in [-0.25, -0.2) is 4.98 Å². The van der Waals surface area contributed by atoms with Crippen LogP contribution in [0.25, 0.3) is 21.2 Å². The third-order valence-corrected chi connectivity index (χ3v) is 7.83. The van der Waals surface area contributed by atoms with Crippen molar-refractivity contribution in [3.05, 3.63) is 93.9 Å². The molecule has 196 valence electrons. The van der Waals surface area contributed by atoms with Gasteiger partial charge < -0.3 is 19.0 Å². The number of carbonyl (C=O) groups excluding carboxylic acids is 2. The molecule has 0 bridgehead atoms. The van der Waals surface area contributed by atoms with Gasteiger partial charge in [-0.1, -0.05) is 52.8 Å². The zero-order chi connectivity index (χ0) is 27.4. The van der Waals surface area contributed by atoms with E-state index in [-0.39, 0.29) is 11.3 Å². The molecule has 0 saturated carbocycles. The van der Waals surface area contributed by atoms with Crippen LogP contribution in [0.5, 0.6) is 11.5 Å². The van der Waals surface area contributed by atoms with Gasteiger partial charge in [0.15, 0.2) is 28.0 Å². The van der Waals surface area contributed by atoms with Gasteiger partial charge in [-0.2, -0.15) is 0 Å². The minimum absolute atomic E-state index is 0.0616. The van der Waals surface area contributed by atoms with Crippen molar-refractivity contribution in [1.29, 1.82) is 0 Å². The Kier molecular flexibility index (Phi) is 6.05. The summed E-state index contributed by atoms with van der Waals surface area (Å²) in [7, 11) is 3.04. The number of thiazole rings is 1. The Labute approximate surface area is 231 Å². The van der Waals surface area contributed by atoms with Crippen molar-refractivity contribution >= 4 is 60.9 Å². The number of hydrogen-bond acceptors (Lipinski definition) is 8. The maximum Gasteiger partial charge on any atom is 0.296 e. The lowest BCUT2D eigenvalue weighted by Crippen LogP contribution is -2.31. The number of carbonyl (C=O) groups is 2. The Morgan fingerprint density at radius 1 is 1.10 bits per heavy atom. The number of nitrogens with zero attached hydrogens (tertiary/aromatic N) is 2. The van der Waals surface area contributed by atoms with Crippen molar-refractivity contribution < 1.29 is 28.6 Å². The third-order valence-electron chi connectivity index (χ3n) is 6.59. The molecule has 3 aromatic carbocycles. The summed E-state index contributed by atoms with van der Waals surface area (Å²) in [6.45, 7) is 1.91. The van der Waals surface area contributed by atoms with Crippen molar-refractivity contribution in [2.45, 2.75) is 13.0 Å². The van der Waals surface area contributed by atoms with Gasteiger partial charge in [0.05, 0.1) is 36.1 Å². The Morgan fingerprint density at radius 2 is 1.92 bits per heavy atom. The molecule has 39 heavy (non-hydrogen) atoms. The van der Waals surface area contributed by atoms with E-state index in [1.54, 1.807) is 31.4 Å². The van der Waals surface area contributed by atoms with E-state index < -0.39 is 23.5 Å². The molecule has 1 atom stereocenters. The zero-order valence-electron chi connectivity index (χ0n) is 21.0. The lowest BCUT2D eigenvalue weighted by molar-refractivity contribution is -0.117. The molecule has 5 aromatic rings. The lowest BCUT2D eigenvalue weighted by atomic mass is 9.94. The highest BCUT2D eigenvalue weighted by molar-refractivity contribution is 7.22. The van der Waals surface area contributed by atoms with Crippen LogP contribution in [-0.2, 0) is 4.79 Å². The number of ether oxygens (including phenoxy) is 2. The fourth-order valence-corrected chi connectivity index (χ4v) is 6.03. The predicted octanol–water partition coefficient (Wildman–Crippen LogP) is 6.80. The summed E-state index contributed by atoms with van der Waals surface area (Å²) in [5.41, 5.74) is 2.46. The van der Waals surface area contributed by atoms with Crippen LogP contribution in [0.2, 0.25) is 5.02 Å². The summed E-state index contributed by atoms with van der Waals surface area (Å²) in [5.74, 6) is -1.07. The number of amides is 1. The van der Waals surface area contributed by atoms with Crippen molar-refractivity contribution in [3.8, 4) is 11.5 Å². The molecule has 1 unspecified atom stereocenters. The van der Waals surface area contributed by atoms with E-state index in [1.165, 1.54) is 29.4 Å². The van der Waals surface area contributed by atoms with Gasteiger partial charge in [0.1, 0.15) is 5.75 Å². The van der Waals surface area contributed by atoms with Crippen molar-refractivity contribution in [2.24, 2.45) is 0 Å². The highest BCUT2D eigenvalue weighted by Gasteiger charge is 2.46. The monoisotopic (exact) mass is 560 g/mol. The van der Waals surface area contributed by atoms with E-state index >= 15 is 0 Å². The van der Waals surface area contributed by atoms with Gasteiger partial charge >= 0.3 is 0 Å². The van der Waals surface area contributed by atoms with Crippen molar-refractivity contribution in [3.63, 3.8) is 0 Å². The number of furan rings is 1. The highest BCUT2D eigenvalue weighted by atomic mass is 35.5. The van der Waals surface area contributed by atoms with Crippen LogP contribution in [0.3, 0.4) is 0 Å². The minimum atomic E-state index is -0.939. The molecule has 0 aliphatic carbocycles. The first-order valence-corrected chi connectivity index (χ1v) is 13.1. The number of anilines is 1. The highest BCUT2D eigenvalue weighted by Crippen LogP contribution is 2.45. The van der Waals surface area contributed by atoms with E-state index in [4.69, 9.17) is 25.5 Å². The normalized spacial score (nSPS) is 15.5. The number of methoxy groups -OCH3 is 2. The summed E-state index contributed by atoms with van der Waals surface area (Å²) in [5, 5.41) is 12.4. The lowest BCUT2D eigenvalue weighted by Gasteiger charge is -2.24. The number of rotatable bonds is 6. The Hall–Kier alpha value is -4.34. The first kappa shape index (κ1) is 25.0. The van der Waals surface area contributed by atoms with E-state index in [1.807, 2.05) is 37.3 Å². The van der Waals surface area contributed by atoms with Crippen LogP contribution < -0.4 is 14.4 Å². The molecule has 0 saturated heterocycles. The fraction of sp³-hybridized carbons (Fsp3) is 0.138. The number of hydrogen-bond donors (Lipinski definition) is 1. The standard InChI is InChI=1S/C29H21ClN2O6S/c1-14-5-4-6-15(9-14)24-23(25(33)20-11-16-10-17(30)12-21(37-3)27(16)38-20)26(34)28(35)32(24)29-31-19-8-7-18(36-2)13-22(19)39-29/h4-13,24,34H,1-3H3. The Bertz CT molecular complexity index is 1840. The second-order valence-corrected chi connectivity index (χ2v) is 10.5. The summed E-state index contributed by atoms with van der Waals surface area (Å²) < 4.78 is 17.4. The molecule has 1 aliphatic rings. The van der Waals surface area contributed by atoms with Gasteiger partial charge in [-0.15, -0.1) is 0 Å². The molecule has 2 aromatic heterocycles. The molecule has 0 radical (unpaired) electrons. The third kappa shape index (κ3) is 4.10. The summed E-state index contributed by atoms with van der Waals surface area (Å²) in [4.78, 5) is 33.5. The molecule has 10 heteroatoms. The van der Waals surface area contributed by atoms with E-state index in [2.05, 4.69) is 4.98 Å². The van der Waals surface area contributed by atoms with Crippen molar-refractivity contribution in [1.82, 2.24) is 4.98 Å². The number of fused-ring (bicyclic) bond motifs is 2. The van der Waals surface area contributed by atoms with Crippen LogP contribution in [-0.4, -0.2) is 36.0 Å². The molecular weight excluding hydrogens is 540 g/mol. The molecule has 1 N–H and O–H groups in total. The van der Waals surface area contributed by atoms with E-state index in [0.717, 1.165) is 10.3 Å². The van der Waals surface area contributed by atoms with Crippen LogP contribution in [0, 0.1) is 6.92 Å². The average Bonchev–Trinajstić information content (AvgIpc) is 3.61. The van der Waals surface area contributed by atoms with Gasteiger partial charge in [0.2, 0.25) is 5.78 Å². The SMILES string of the molecule is COc1ccc2nc(N3C(=O)C(O)=C(C(=O)c4cc5cc(Cl)cc(OC)c5o4)C3c3cccc(C)c3)sc2c1. The van der Waals surface area contributed by atoms with Gasteiger partial charge in [0, 0.05) is 16.5 Å². The molecule has 0 spiro atoms. The molecule has 1 aliphatic heterocycles. The number of aliphatic hydroxyl groups is 1. The molecule has 1 amide bonds. The first-order valence-electron chi connectivity index (χ1n) is 11.9. The number of Topliss-reactive ketones (excluding diaryl/α,β-unsaturated/α-hetero) is 1. The average molecular weight is 561 g/mol. The quantitative estimate of drug-likeness (QED) is 0.228. The van der Waals surface area contributed by atoms with Crippen LogP contribution in [0.15, 0.2) is 76.4 Å². The number of aliphatic hydroxyl groups excluding tert-OH is 1. The van der Waals surface area contributed by atoms with E-state index in [0.29, 0.717) is 43.7 Å². The second kappa shape index (κ2) is 9.44. The molecule has 3 heterocycles. The minimum Gasteiger partial charge on any atom is -0.503 e. The number of ketones is 1. The van der Waals surface area contributed by atoms with Crippen LogP contribution in [0.4, 0.5) is 5.13 Å². The summed E-state index contributed by atoms with van der Waals surface area (Å²) >= 11 is 7.46. The largest absolute Gasteiger partial charge is 0.503 e. The number of aryl methyl sites for hydroxylation is 1. The molecular formula is C29H21ClN2O6S. The molecule has 8 nitrogen and oxygen atoms in total. The van der Waals surface area contributed by atoms with Crippen LogP contribution >= 0.6 is 22.9 Å². The van der Waals surface area contributed by atoms with Crippen LogP contribution in [0.1, 0.15) is 27.7 Å². The maximum atomic E-state index is 14.0. The fourth-order valence-electron chi connectivity index (χ4n) is 4.80. The van der Waals surface area contributed by atoms with Gasteiger partial charge in [-0.05, 0) is 42.8 Å². The number of benzene rings is 3. The topological polar surface area (TPSA) is 102 Å². The number of halogens is 1. The molecule has 0 fully saturated rings. The van der Waals surface area contributed by atoms with E-state index in [9.17, 15) is 14.7 Å². The smallest absolute Gasteiger partial charge is 0.296 e. The summed E-state index contributed by atoms with van der Waals surface area (Å²) in [6, 6.07) is 16.6.